The first-order chi connectivity index (χ1) is 16.8. The van der Waals surface area contributed by atoms with Gasteiger partial charge in [-0.25, -0.2) is 0 Å². The van der Waals surface area contributed by atoms with Crippen molar-refractivity contribution in [1.82, 2.24) is 14.8 Å². The van der Waals surface area contributed by atoms with Gasteiger partial charge in [0.1, 0.15) is 0 Å². The minimum absolute atomic E-state index is 0.0959. The molecule has 0 spiro atoms. The van der Waals surface area contributed by atoms with E-state index in [1.54, 1.807) is 25.3 Å². The van der Waals surface area contributed by atoms with Crippen LogP contribution >= 0.6 is 0 Å². The first-order valence-electron chi connectivity index (χ1n) is 12.1. The lowest BCUT2D eigenvalue weighted by atomic mass is 9.81. The minimum atomic E-state index is -0.368. The Balaban J connectivity index is 1.74. The van der Waals surface area contributed by atoms with Gasteiger partial charge in [0.25, 0.3) is 5.91 Å². The van der Waals surface area contributed by atoms with Gasteiger partial charge in [0.2, 0.25) is 5.91 Å². The van der Waals surface area contributed by atoms with Gasteiger partial charge in [0.15, 0.2) is 11.5 Å². The Morgan fingerprint density at radius 3 is 2.20 bits per heavy atom. The summed E-state index contributed by atoms with van der Waals surface area (Å²) in [5, 5.41) is 10.4. The molecule has 0 aliphatic carbocycles. The number of carbonyl (C=O) groups is 2. The number of fused-ring (bicyclic) bond motifs is 1. The molecule has 2 saturated heterocycles. The van der Waals surface area contributed by atoms with Crippen molar-refractivity contribution in [2.75, 3.05) is 58.4 Å². The van der Waals surface area contributed by atoms with Crippen LogP contribution in [0.15, 0.2) is 18.3 Å². The Morgan fingerprint density at radius 1 is 1.03 bits per heavy atom. The molecule has 4 rings (SSSR count). The molecule has 2 fully saturated rings. The second-order valence-electron chi connectivity index (χ2n) is 9.43. The lowest BCUT2D eigenvalue weighted by molar-refractivity contribution is -0.132. The molecular formula is C26H33N5O4. The van der Waals surface area contributed by atoms with Crippen molar-refractivity contribution in [3.8, 4) is 17.6 Å². The maximum Gasteiger partial charge on any atom is 0.257 e. The molecule has 1 aromatic heterocycles. The number of anilines is 1. The highest BCUT2D eigenvalue weighted by molar-refractivity contribution is 6.08. The summed E-state index contributed by atoms with van der Waals surface area (Å²) in [4.78, 5) is 36.3. The Kier molecular flexibility index (Phi) is 7.01. The zero-order chi connectivity index (χ0) is 25.2. The number of hydrogen-bond acceptors (Lipinski definition) is 7. The molecular weight excluding hydrogens is 446 g/mol. The van der Waals surface area contributed by atoms with Crippen LogP contribution in [0.25, 0.3) is 10.9 Å². The number of piperazine rings is 1. The molecule has 9 heteroatoms. The summed E-state index contributed by atoms with van der Waals surface area (Å²) >= 11 is 0. The van der Waals surface area contributed by atoms with Gasteiger partial charge in [-0.3, -0.25) is 14.6 Å². The smallest absolute Gasteiger partial charge is 0.257 e. The molecule has 2 aliphatic heterocycles. The molecule has 0 N–H and O–H groups in total. The van der Waals surface area contributed by atoms with Crippen molar-refractivity contribution in [2.45, 2.75) is 33.1 Å². The van der Waals surface area contributed by atoms with Crippen LogP contribution in [-0.2, 0) is 4.79 Å². The predicted octanol–water partition coefficient (Wildman–Crippen LogP) is 3.08. The second kappa shape index (κ2) is 9.98. The van der Waals surface area contributed by atoms with Gasteiger partial charge in [0.05, 0.1) is 42.5 Å². The average Bonchev–Trinajstić information content (AvgIpc) is 2.91. The SMILES string of the molecule is CCC(=O)N1CCN(C(=O)c2cnc3cc(OC)c(OC)cc3c2N2CCC(C)(C#N)CC2)CC1. The molecule has 186 valence electrons. The van der Waals surface area contributed by atoms with Gasteiger partial charge >= 0.3 is 0 Å². The van der Waals surface area contributed by atoms with Gasteiger partial charge in [-0.05, 0) is 25.8 Å². The van der Waals surface area contributed by atoms with Gasteiger partial charge in [0, 0.05) is 63.3 Å². The van der Waals surface area contributed by atoms with Crippen LogP contribution in [0.1, 0.15) is 43.5 Å². The van der Waals surface area contributed by atoms with E-state index in [1.165, 1.54) is 0 Å². The lowest BCUT2D eigenvalue weighted by Crippen LogP contribution is -2.50. The summed E-state index contributed by atoms with van der Waals surface area (Å²) in [6.07, 6.45) is 3.54. The number of hydrogen-bond donors (Lipinski definition) is 0. The number of nitrogens with zero attached hydrogens (tertiary/aromatic N) is 5. The molecule has 0 bridgehead atoms. The number of ether oxygens (including phenoxy) is 2. The third kappa shape index (κ3) is 4.70. The van der Waals surface area contributed by atoms with Crippen LogP contribution in [0.5, 0.6) is 11.5 Å². The van der Waals surface area contributed by atoms with Crippen LogP contribution in [0.4, 0.5) is 5.69 Å². The topological polar surface area (TPSA) is 99.0 Å². The van der Waals surface area contributed by atoms with Gasteiger partial charge in [-0.1, -0.05) is 6.92 Å². The Hall–Kier alpha value is -3.54. The van der Waals surface area contributed by atoms with Crippen molar-refractivity contribution in [3.63, 3.8) is 0 Å². The van der Waals surface area contributed by atoms with Crippen molar-refractivity contribution >= 4 is 28.4 Å². The molecule has 35 heavy (non-hydrogen) atoms. The Bertz CT molecular complexity index is 1160. The standard InChI is InChI=1S/C26H33N5O4/c1-5-23(32)29-10-12-31(13-11-29)25(33)19-16-28-20-15-22(35-4)21(34-3)14-18(20)24(19)30-8-6-26(2,17-27)7-9-30/h14-16H,5-13H2,1-4H3. The van der Waals surface area contributed by atoms with E-state index in [0.29, 0.717) is 81.1 Å². The van der Waals surface area contributed by atoms with Crippen molar-refractivity contribution < 1.29 is 19.1 Å². The van der Waals surface area contributed by atoms with Gasteiger partial charge < -0.3 is 24.2 Å². The Labute approximate surface area is 206 Å². The summed E-state index contributed by atoms with van der Waals surface area (Å²) in [5.41, 5.74) is 1.68. The number of methoxy groups -OCH3 is 2. The van der Waals surface area contributed by atoms with E-state index in [-0.39, 0.29) is 17.2 Å². The van der Waals surface area contributed by atoms with E-state index in [2.05, 4.69) is 16.0 Å². The third-order valence-electron chi connectivity index (χ3n) is 7.25. The molecule has 0 radical (unpaired) electrons. The van der Waals surface area contributed by atoms with Crippen LogP contribution in [-0.4, -0.2) is 80.1 Å². The van der Waals surface area contributed by atoms with Crippen LogP contribution < -0.4 is 14.4 Å². The lowest BCUT2D eigenvalue weighted by Gasteiger charge is -2.39. The molecule has 2 aromatic rings. The second-order valence-corrected chi connectivity index (χ2v) is 9.43. The van der Waals surface area contributed by atoms with Crippen molar-refractivity contribution in [3.05, 3.63) is 23.9 Å². The molecule has 9 nitrogen and oxygen atoms in total. The molecule has 0 unspecified atom stereocenters. The number of rotatable bonds is 5. The summed E-state index contributed by atoms with van der Waals surface area (Å²) in [6, 6.07) is 6.15. The van der Waals surface area contributed by atoms with E-state index in [4.69, 9.17) is 9.47 Å². The first kappa shape index (κ1) is 24.6. The highest BCUT2D eigenvalue weighted by Crippen LogP contribution is 2.40. The number of piperidine rings is 1. The van der Waals surface area contributed by atoms with Crippen LogP contribution in [0, 0.1) is 16.7 Å². The minimum Gasteiger partial charge on any atom is -0.493 e. The number of nitriles is 1. The molecule has 0 atom stereocenters. The van der Waals surface area contributed by atoms with Crippen molar-refractivity contribution in [1.29, 1.82) is 5.26 Å². The van der Waals surface area contributed by atoms with E-state index < -0.39 is 0 Å². The molecule has 1 aromatic carbocycles. The first-order valence-corrected chi connectivity index (χ1v) is 12.1. The number of pyridine rings is 1. The highest BCUT2D eigenvalue weighted by Gasteiger charge is 2.34. The maximum atomic E-state index is 13.8. The molecule has 2 aliphatic rings. The van der Waals surface area contributed by atoms with E-state index in [9.17, 15) is 14.9 Å². The predicted molar refractivity (Wildman–Crippen MR) is 133 cm³/mol. The summed E-state index contributed by atoms with van der Waals surface area (Å²) in [5.74, 6) is 1.16. The third-order valence-corrected chi connectivity index (χ3v) is 7.25. The summed E-state index contributed by atoms with van der Waals surface area (Å²) < 4.78 is 11.0. The Morgan fingerprint density at radius 2 is 1.63 bits per heavy atom. The summed E-state index contributed by atoms with van der Waals surface area (Å²) in [6.45, 7) is 7.21. The fourth-order valence-electron chi connectivity index (χ4n) is 4.89. The number of aromatic nitrogens is 1. The van der Waals surface area contributed by atoms with E-state index >= 15 is 0 Å². The molecule has 3 heterocycles. The van der Waals surface area contributed by atoms with Crippen LogP contribution in [0.3, 0.4) is 0 Å². The van der Waals surface area contributed by atoms with E-state index in [1.807, 2.05) is 30.9 Å². The quantitative estimate of drug-likeness (QED) is 0.650. The van der Waals surface area contributed by atoms with Gasteiger partial charge in [-0.15, -0.1) is 0 Å². The summed E-state index contributed by atoms with van der Waals surface area (Å²) in [7, 11) is 3.17. The fraction of sp³-hybridized carbons (Fsp3) is 0.538. The normalized spacial score (nSPS) is 17.7. The van der Waals surface area contributed by atoms with Crippen LogP contribution in [0.2, 0.25) is 0 Å². The zero-order valence-corrected chi connectivity index (χ0v) is 21.0. The molecule has 2 amide bonds. The zero-order valence-electron chi connectivity index (χ0n) is 21.0. The van der Waals surface area contributed by atoms with Crippen molar-refractivity contribution in [2.24, 2.45) is 5.41 Å². The van der Waals surface area contributed by atoms with Gasteiger partial charge in [-0.2, -0.15) is 5.26 Å². The monoisotopic (exact) mass is 479 g/mol. The van der Waals surface area contributed by atoms with E-state index in [0.717, 1.165) is 11.1 Å². The maximum absolute atomic E-state index is 13.8. The molecule has 0 saturated carbocycles. The number of amides is 2. The number of carbonyl (C=O) groups excluding carboxylic acids is 2. The number of benzene rings is 1. The largest absolute Gasteiger partial charge is 0.493 e. The fourth-order valence-corrected chi connectivity index (χ4v) is 4.89. The average molecular weight is 480 g/mol. The highest BCUT2D eigenvalue weighted by atomic mass is 16.5.